The molecule has 0 aliphatic carbocycles. The first kappa shape index (κ1) is 15.0. The number of nitrogens with two attached hydrogens (primary N) is 1. The monoisotopic (exact) mass is 266 g/mol. The fourth-order valence-electron chi connectivity index (χ4n) is 1.54. The SMILES string of the molecule is CCCOCCNc1cc(C(=O)O)ccc1C(N)=O. The minimum Gasteiger partial charge on any atom is -0.478 e. The van der Waals surface area contributed by atoms with E-state index in [-0.39, 0.29) is 11.1 Å². The summed E-state index contributed by atoms with van der Waals surface area (Å²) < 4.78 is 5.29. The topological polar surface area (TPSA) is 102 Å². The Morgan fingerprint density at radius 2 is 2.11 bits per heavy atom. The van der Waals surface area contributed by atoms with Crippen molar-refractivity contribution in [1.29, 1.82) is 0 Å². The third-order valence-corrected chi connectivity index (χ3v) is 2.44. The molecule has 0 aliphatic heterocycles. The van der Waals surface area contributed by atoms with Crippen LogP contribution in [-0.2, 0) is 4.74 Å². The van der Waals surface area contributed by atoms with Crippen molar-refractivity contribution < 1.29 is 19.4 Å². The number of benzene rings is 1. The Morgan fingerprint density at radius 1 is 1.37 bits per heavy atom. The lowest BCUT2D eigenvalue weighted by Crippen LogP contribution is -2.17. The van der Waals surface area contributed by atoms with Gasteiger partial charge in [0.25, 0.3) is 5.91 Å². The van der Waals surface area contributed by atoms with Crippen LogP contribution in [0.15, 0.2) is 18.2 Å². The van der Waals surface area contributed by atoms with Crippen LogP contribution < -0.4 is 11.1 Å². The van der Waals surface area contributed by atoms with E-state index in [0.717, 1.165) is 6.42 Å². The van der Waals surface area contributed by atoms with Crippen molar-refractivity contribution in [3.05, 3.63) is 29.3 Å². The average molecular weight is 266 g/mol. The lowest BCUT2D eigenvalue weighted by Gasteiger charge is -2.11. The van der Waals surface area contributed by atoms with Crippen LogP contribution in [0, 0.1) is 0 Å². The molecule has 1 aromatic rings. The smallest absolute Gasteiger partial charge is 0.335 e. The third kappa shape index (κ3) is 4.59. The Hall–Kier alpha value is -2.08. The molecule has 0 unspecified atom stereocenters. The number of hydrogen-bond acceptors (Lipinski definition) is 4. The van der Waals surface area contributed by atoms with E-state index in [1.54, 1.807) is 0 Å². The molecule has 104 valence electrons. The maximum atomic E-state index is 11.2. The predicted octanol–water partition coefficient (Wildman–Crippen LogP) is 1.32. The van der Waals surface area contributed by atoms with E-state index in [2.05, 4.69) is 5.32 Å². The highest BCUT2D eigenvalue weighted by Gasteiger charge is 2.11. The van der Waals surface area contributed by atoms with Gasteiger partial charge in [0, 0.05) is 18.8 Å². The zero-order valence-corrected chi connectivity index (χ0v) is 10.8. The number of primary amides is 1. The average Bonchev–Trinajstić information content (AvgIpc) is 2.38. The van der Waals surface area contributed by atoms with Crippen LogP contribution in [0.1, 0.15) is 34.1 Å². The maximum Gasteiger partial charge on any atom is 0.335 e. The zero-order chi connectivity index (χ0) is 14.3. The molecule has 1 aromatic carbocycles. The van der Waals surface area contributed by atoms with Crippen LogP contribution in [0.5, 0.6) is 0 Å². The molecule has 19 heavy (non-hydrogen) atoms. The van der Waals surface area contributed by atoms with Crippen molar-refractivity contribution in [3.8, 4) is 0 Å². The van der Waals surface area contributed by atoms with Gasteiger partial charge in [0.1, 0.15) is 0 Å². The van der Waals surface area contributed by atoms with Crippen molar-refractivity contribution >= 4 is 17.6 Å². The van der Waals surface area contributed by atoms with Crippen LogP contribution in [0.3, 0.4) is 0 Å². The fraction of sp³-hybridized carbons (Fsp3) is 0.385. The van der Waals surface area contributed by atoms with Gasteiger partial charge in [-0.2, -0.15) is 0 Å². The molecule has 6 heteroatoms. The normalized spacial score (nSPS) is 10.2. The second-order valence-electron chi connectivity index (χ2n) is 3.97. The number of amides is 1. The van der Waals surface area contributed by atoms with Gasteiger partial charge in [0.15, 0.2) is 0 Å². The Labute approximate surface area is 111 Å². The number of aromatic carboxylic acids is 1. The molecule has 0 bridgehead atoms. The van der Waals surface area contributed by atoms with Gasteiger partial charge in [-0.05, 0) is 24.6 Å². The summed E-state index contributed by atoms with van der Waals surface area (Å²) in [5.41, 5.74) is 6.01. The van der Waals surface area contributed by atoms with Crippen molar-refractivity contribution in [2.45, 2.75) is 13.3 Å². The summed E-state index contributed by atoms with van der Waals surface area (Å²) in [7, 11) is 0. The van der Waals surface area contributed by atoms with Crippen LogP contribution in [0.2, 0.25) is 0 Å². The quantitative estimate of drug-likeness (QED) is 0.616. The number of carboxylic acids is 1. The van der Waals surface area contributed by atoms with Crippen LogP contribution >= 0.6 is 0 Å². The molecule has 0 saturated carbocycles. The largest absolute Gasteiger partial charge is 0.478 e. The maximum absolute atomic E-state index is 11.2. The van der Waals surface area contributed by atoms with Gasteiger partial charge in [-0.15, -0.1) is 0 Å². The molecule has 6 nitrogen and oxygen atoms in total. The molecule has 0 fully saturated rings. The highest BCUT2D eigenvalue weighted by Crippen LogP contribution is 2.17. The molecule has 0 heterocycles. The summed E-state index contributed by atoms with van der Waals surface area (Å²) >= 11 is 0. The van der Waals surface area contributed by atoms with E-state index in [4.69, 9.17) is 15.6 Å². The molecule has 0 spiro atoms. The summed E-state index contributed by atoms with van der Waals surface area (Å²) in [6, 6.07) is 4.14. The van der Waals surface area contributed by atoms with Gasteiger partial charge in [-0.25, -0.2) is 4.79 Å². The first-order chi connectivity index (χ1) is 9.06. The second kappa shape index (κ2) is 7.38. The van der Waals surface area contributed by atoms with Crippen LogP contribution in [0.4, 0.5) is 5.69 Å². The summed E-state index contributed by atoms with van der Waals surface area (Å²) in [6.45, 7) is 3.63. The molecule has 0 saturated heterocycles. The predicted molar refractivity (Wildman–Crippen MR) is 71.5 cm³/mol. The minimum absolute atomic E-state index is 0.0991. The van der Waals surface area contributed by atoms with Gasteiger partial charge >= 0.3 is 5.97 Å². The van der Waals surface area contributed by atoms with Crippen molar-refractivity contribution in [2.75, 3.05) is 25.1 Å². The number of carboxylic acid groups (broad SMARTS) is 1. The van der Waals surface area contributed by atoms with Gasteiger partial charge in [-0.1, -0.05) is 6.92 Å². The van der Waals surface area contributed by atoms with Crippen molar-refractivity contribution in [2.24, 2.45) is 5.73 Å². The zero-order valence-electron chi connectivity index (χ0n) is 10.8. The third-order valence-electron chi connectivity index (χ3n) is 2.44. The lowest BCUT2D eigenvalue weighted by molar-refractivity contribution is 0.0696. The molecular weight excluding hydrogens is 248 g/mol. The Bertz CT molecular complexity index is 460. The standard InChI is InChI=1S/C13H18N2O4/c1-2-6-19-7-5-15-11-8-9(13(17)18)3-4-10(11)12(14)16/h3-4,8,15H,2,5-7H2,1H3,(H2,14,16)(H,17,18). The summed E-state index contributed by atoms with van der Waals surface area (Å²) in [4.78, 5) is 22.1. The molecule has 0 aromatic heterocycles. The first-order valence-electron chi connectivity index (χ1n) is 6.05. The number of anilines is 1. The molecular formula is C13H18N2O4. The fourth-order valence-corrected chi connectivity index (χ4v) is 1.54. The molecule has 0 aliphatic rings. The van der Waals surface area contributed by atoms with Crippen LogP contribution in [-0.4, -0.2) is 36.7 Å². The summed E-state index contributed by atoms with van der Waals surface area (Å²) in [5.74, 6) is -1.66. The van der Waals surface area contributed by atoms with E-state index in [1.165, 1.54) is 18.2 Å². The molecule has 0 radical (unpaired) electrons. The Balaban J connectivity index is 2.74. The minimum atomic E-state index is -1.05. The van der Waals surface area contributed by atoms with E-state index in [0.29, 0.717) is 25.4 Å². The molecule has 1 rings (SSSR count). The first-order valence-corrected chi connectivity index (χ1v) is 6.05. The number of ether oxygens (including phenoxy) is 1. The van der Waals surface area contributed by atoms with Crippen molar-refractivity contribution in [1.82, 2.24) is 0 Å². The van der Waals surface area contributed by atoms with Crippen LogP contribution in [0.25, 0.3) is 0 Å². The number of hydrogen-bond donors (Lipinski definition) is 3. The van der Waals surface area contributed by atoms with Gasteiger partial charge in [0.05, 0.1) is 17.7 Å². The van der Waals surface area contributed by atoms with E-state index >= 15 is 0 Å². The highest BCUT2D eigenvalue weighted by molar-refractivity contribution is 6.00. The number of carbonyl (C=O) groups excluding carboxylic acids is 1. The summed E-state index contributed by atoms with van der Waals surface area (Å²) in [5, 5.41) is 11.9. The number of rotatable bonds is 8. The Kier molecular flexibility index (Phi) is 5.81. The van der Waals surface area contributed by atoms with Gasteiger partial charge in [-0.3, -0.25) is 4.79 Å². The summed E-state index contributed by atoms with van der Waals surface area (Å²) in [6.07, 6.45) is 0.932. The molecule has 4 N–H and O–H groups in total. The second-order valence-corrected chi connectivity index (χ2v) is 3.97. The molecule has 0 atom stereocenters. The van der Waals surface area contributed by atoms with Gasteiger partial charge < -0.3 is 20.9 Å². The van der Waals surface area contributed by atoms with E-state index in [1.807, 2.05) is 6.92 Å². The van der Waals surface area contributed by atoms with Crippen molar-refractivity contribution in [3.63, 3.8) is 0 Å². The molecule has 1 amide bonds. The lowest BCUT2D eigenvalue weighted by atomic mass is 10.1. The van der Waals surface area contributed by atoms with E-state index < -0.39 is 11.9 Å². The highest BCUT2D eigenvalue weighted by atomic mass is 16.5. The number of carbonyl (C=O) groups is 2. The Morgan fingerprint density at radius 3 is 2.68 bits per heavy atom. The number of nitrogens with one attached hydrogen (secondary N) is 1. The van der Waals surface area contributed by atoms with Gasteiger partial charge in [0.2, 0.25) is 0 Å². The van der Waals surface area contributed by atoms with E-state index in [9.17, 15) is 9.59 Å².